The van der Waals surface area contributed by atoms with Crippen LogP contribution >= 0.6 is 11.3 Å². The number of hydrogen-bond donors (Lipinski definition) is 0. The molecule has 2 aromatic heterocycles. The van der Waals surface area contributed by atoms with Crippen molar-refractivity contribution < 1.29 is 0 Å². The predicted octanol–water partition coefficient (Wildman–Crippen LogP) is 15.7. The van der Waals surface area contributed by atoms with Gasteiger partial charge < -0.3 is 9.47 Å². The fourth-order valence-electron chi connectivity index (χ4n) is 9.15. The number of rotatable bonds is 5. The molecule has 0 saturated heterocycles. The van der Waals surface area contributed by atoms with Crippen molar-refractivity contribution in [2.24, 2.45) is 0 Å². The number of thiophene rings is 1. The van der Waals surface area contributed by atoms with Gasteiger partial charge in [0.05, 0.1) is 16.7 Å². The number of benzene rings is 10. The quantitative estimate of drug-likeness (QED) is 0.159. The minimum absolute atomic E-state index is 1.10. The van der Waals surface area contributed by atoms with Gasteiger partial charge in [0.15, 0.2) is 0 Å². The predicted molar refractivity (Wildman–Crippen MR) is 246 cm³/mol. The zero-order chi connectivity index (χ0) is 37.5. The summed E-state index contributed by atoms with van der Waals surface area (Å²) < 4.78 is 5.04. The van der Waals surface area contributed by atoms with Gasteiger partial charge in [0.1, 0.15) is 0 Å². The third kappa shape index (κ3) is 5.03. The Morgan fingerprint density at radius 2 is 0.912 bits per heavy atom. The molecule has 12 aromatic rings. The highest BCUT2D eigenvalue weighted by Crippen LogP contribution is 2.45. The van der Waals surface area contributed by atoms with E-state index >= 15 is 0 Å². The molecular weight excluding hydrogens is 709 g/mol. The van der Waals surface area contributed by atoms with Crippen molar-refractivity contribution in [3.63, 3.8) is 0 Å². The van der Waals surface area contributed by atoms with Crippen LogP contribution in [0.1, 0.15) is 0 Å². The number of hydrogen-bond acceptors (Lipinski definition) is 2. The second kappa shape index (κ2) is 12.7. The smallest absolute Gasteiger partial charge is 0.0542 e. The van der Waals surface area contributed by atoms with Crippen molar-refractivity contribution in [2.75, 3.05) is 4.90 Å². The lowest BCUT2D eigenvalue weighted by atomic mass is 9.96. The van der Waals surface area contributed by atoms with Crippen LogP contribution in [-0.4, -0.2) is 4.57 Å². The fourth-order valence-corrected chi connectivity index (χ4v) is 10.2. The molecule has 0 saturated carbocycles. The van der Waals surface area contributed by atoms with E-state index in [1.165, 1.54) is 85.4 Å². The third-order valence-electron chi connectivity index (χ3n) is 11.7. The zero-order valence-electron chi connectivity index (χ0n) is 30.9. The van der Waals surface area contributed by atoms with Crippen LogP contribution in [0.4, 0.5) is 17.1 Å². The molecule has 2 nitrogen and oxygen atoms in total. The van der Waals surface area contributed by atoms with Crippen molar-refractivity contribution in [1.82, 2.24) is 4.57 Å². The van der Waals surface area contributed by atoms with Crippen molar-refractivity contribution >= 4 is 103 Å². The number of anilines is 3. The summed E-state index contributed by atoms with van der Waals surface area (Å²) in [6.07, 6.45) is 0. The maximum Gasteiger partial charge on any atom is 0.0542 e. The minimum atomic E-state index is 1.10. The lowest BCUT2D eigenvalue weighted by Crippen LogP contribution is -2.11. The summed E-state index contributed by atoms with van der Waals surface area (Å²) in [5, 5.41) is 12.7. The van der Waals surface area contributed by atoms with Gasteiger partial charge in [0.25, 0.3) is 0 Å². The van der Waals surface area contributed by atoms with Crippen molar-refractivity contribution in [3.8, 4) is 16.8 Å². The first-order valence-corrected chi connectivity index (χ1v) is 20.3. The highest BCUT2D eigenvalue weighted by Gasteiger charge is 2.21. The second-order valence-electron chi connectivity index (χ2n) is 14.9. The summed E-state index contributed by atoms with van der Waals surface area (Å²) in [6.45, 7) is 0. The number of aromatic nitrogens is 1. The molecule has 12 rings (SSSR count). The van der Waals surface area contributed by atoms with Gasteiger partial charge in [-0.3, -0.25) is 0 Å². The van der Waals surface area contributed by atoms with E-state index in [9.17, 15) is 0 Å². The monoisotopic (exact) mass is 742 g/mol. The summed E-state index contributed by atoms with van der Waals surface area (Å²) in [7, 11) is 0. The Morgan fingerprint density at radius 1 is 0.351 bits per heavy atom. The normalized spacial score (nSPS) is 11.9. The molecule has 2 heterocycles. The zero-order valence-corrected chi connectivity index (χ0v) is 31.7. The third-order valence-corrected chi connectivity index (χ3v) is 12.9. The standard InChI is InChI=1S/C54H34N2S/c1-2-12-35(13-3-1)47-33-40(27-30-51(47)56-49-19-9-6-16-44(49)45-17-7-10-20-50(45)56)55(41-28-31-53-48(34-41)46-18-8-11-21-52(46)57-53)39-26-29-43-38(32-39)25-24-37-23-22-36-14-4-5-15-42(36)54(37)43/h1-34H. The molecule has 0 atom stereocenters. The molecule has 0 aliphatic rings. The topological polar surface area (TPSA) is 8.17 Å². The highest BCUT2D eigenvalue weighted by atomic mass is 32.1. The fraction of sp³-hybridized carbons (Fsp3) is 0. The van der Waals surface area contributed by atoms with Gasteiger partial charge in [-0.05, 0) is 105 Å². The summed E-state index contributed by atoms with van der Waals surface area (Å²) in [5.41, 5.74) is 9.23. The Hall–Kier alpha value is -7.20. The molecule has 57 heavy (non-hydrogen) atoms. The summed E-state index contributed by atoms with van der Waals surface area (Å²) >= 11 is 1.86. The Balaban J connectivity index is 1.13. The molecule has 0 aliphatic heterocycles. The maximum atomic E-state index is 2.45. The van der Waals surface area contributed by atoms with E-state index in [4.69, 9.17) is 0 Å². The molecule has 0 aliphatic carbocycles. The second-order valence-corrected chi connectivity index (χ2v) is 16.0. The number of nitrogens with zero attached hydrogens (tertiary/aromatic N) is 2. The van der Waals surface area contributed by atoms with Crippen molar-refractivity contribution in [2.45, 2.75) is 0 Å². The Labute approximate surface area is 333 Å². The van der Waals surface area contributed by atoms with Crippen LogP contribution in [-0.2, 0) is 0 Å². The molecule has 0 spiro atoms. The first-order valence-electron chi connectivity index (χ1n) is 19.5. The van der Waals surface area contributed by atoms with Gasteiger partial charge in [-0.1, -0.05) is 140 Å². The van der Waals surface area contributed by atoms with Crippen LogP contribution in [0.25, 0.3) is 91.1 Å². The maximum absolute atomic E-state index is 2.45. The first kappa shape index (κ1) is 32.1. The molecule has 0 bridgehead atoms. The lowest BCUT2D eigenvalue weighted by molar-refractivity contribution is 1.18. The van der Waals surface area contributed by atoms with Gasteiger partial charge in [0, 0.05) is 53.6 Å². The molecule has 10 aromatic carbocycles. The molecule has 0 unspecified atom stereocenters. The largest absolute Gasteiger partial charge is 0.310 e. The SMILES string of the molecule is c1ccc(-c2cc(N(c3ccc4c(ccc5ccc6ccccc6c54)c3)c3ccc4sc5ccccc5c4c3)ccc2-n2c3ccccc3c3ccccc32)cc1. The van der Waals surface area contributed by atoms with Crippen molar-refractivity contribution in [1.29, 1.82) is 0 Å². The summed E-state index contributed by atoms with van der Waals surface area (Å²) in [5.74, 6) is 0. The van der Waals surface area contributed by atoms with Crippen LogP contribution in [0.3, 0.4) is 0 Å². The van der Waals surface area contributed by atoms with Crippen molar-refractivity contribution in [3.05, 3.63) is 206 Å². The van der Waals surface area contributed by atoms with Crippen LogP contribution in [0.2, 0.25) is 0 Å². The molecule has 266 valence electrons. The molecule has 0 fully saturated rings. The Kier molecular flexibility index (Phi) is 7.13. The van der Waals surface area contributed by atoms with E-state index in [1.807, 2.05) is 11.3 Å². The van der Waals surface area contributed by atoms with Gasteiger partial charge in [-0.25, -0.2) is 0 Å². The molecule has 3 heteroatoms. The van der Waals surface area contributed by atoms with E-state index in [2.05, 4.69) is 216 Å². The van der Waals surface area contributed by atoms with Gasteiger partial charge in [-0.2, -0.15) is 0 Å². The van der Waals surface area contributed by atoms with E-state index in [1.54, 1.807) is 0 Å². The molecule has 0 radical (unpaired) electrons. The molecule has 0 N–H and O–H groups in total. The van der Waals surface area contributed by atoms with E-state index < -0.39 is 0 Å². The number of fused-ring (bicyclic) bond motifs is 11. The summed E-state index contributed by atoms with van der Waals surface area (Å²) in [4.78, 5) is 2.45. The molecular formula is C54H34N2S. The number of para-hydroxylation sites is 2. The Morgan fingerprint density at radius 3 is 1.72 bits per heavy atom. The highest BCUT2D eigenvalue weighted by molar-refractivity contribution is 7.25. The van der Waals surface area contributed by atoms with E-state index in [-0.39, 0.29) is 0 Å². The average molecular weight is 743 g/mol. The van der Waals surface area contributed by atoms with Crippen LogP contribution in [0.5, 0.6) is 0 Å². The average Bonchev–Trinajstić information content (AvgIpc) is 3.82. The molecule has 0 amide bonds. The van der Waals surface area contributed by atoms with Crippen LogP contribution < -0.4 is 4.90 Å². The first-order chi connectivity index (χ1) is 28.3. The van der Waals surface area contributed by atoms with Crippen LogP contribution in [0.15, 0.2) is 206 Å². The summed E-state index contributed by atoms with van der Waals surface area (Å²) in [6, 6.07) is 75.9. The van der Waals surface area contributed by atoms with E-state index in [0.717, 1.165) is 22.7 Å². The lowest BCUT2D eigenvalue weighted by Gasteiger charge is -2.27. The van der Waals surface area contributed by atoms with E-state index in [0.29, 0.717) is 0 Å². The Bertz CT molecular complexity index is 3480. The van der Waals surface area contributed by atoms with Gasteiger partial charge in [-0.15, -0.1) is 11.3 Å². The van der Waals surface area contributed by atoms with Gasteiger partial charge in [0.2, 0.25) is 0 Å². The van der Waals surface area contributed by atoms with Gasteiger partial charge >= 0.3 is 0 Å². The minimum Gasteiger partial charge on any atom is -0.310 e. The van der Waals surface area contributed by atoms with Crippen LogP contribution in [0, 0.1) is 0 Å².